The van der Waals surface area contributed by atoms with E-state index < -0.39 is 0 Å². The Balaban J connectivity index is 2.04. The lowest BCUT2D eigenvalue weighted by Crippen LogP contribution is -2.26. The molecule has 1 aromatic heterocycles. The van der Waals surface area contributed by atoms with E-state index in [0.29, 0.717) is 0 Å². The summed E-state index contributed by atoms with van der Waals surface area (Å²) in [4.78, 5) is 3.03. The first kappa shape index (κ1) is 6.92. The number of rotatable bonds is 2. The summed E-state index contributed by atoms with van der Waals surface area (Å²) < 4.78 is 0. The van der Waals surface area contributed by atoms with Gasteiger partial charge in [0.05, 0.1) is 0 Å². The molecule has 1 atom stereocenters. The van der Waals surface area contributed by atoms with Gasteiger partial charge in [0.1, 0.15) is 0 Å². The number of nitrogens with one attached hydrogen (secondary N) is 1. The van der Waals surface area contributed by atoms with Gasteiger partial charge in [-0.05, 0) is 30.4 Å². The predicted octanol–water partition coefficient (Wildman–Crippen LogP) is 1.81. The molecule has 0 aliphatic heterocycles. The maximum absolute atomic E-state index is 6.02. The lowest BCUT2D eigenvalue weighted by Gasteiger charge is -2.30. The Hall–Kier alpha value is -0.760. The third-order valence-electron chi connectivity index (χ3n) is 2.66. The van der Waals surface area contributed by atoms with E-state index in [-0.39, 0.29) is 6.04 Å². The van der Waals surface area contributed by atoms with Crippen LogP contribution in [0.15, 0.2) is 18.5 Å². The summed E-state index contributed by atoms with van der Waals surface area (Å²) in [6, 6.07) is 2.35. The highest BCUT2D eigenvalue weighted by Crippen LogP contribution is 2.35. The van der Waals surface area contributed by atoms with Gasteiger partial charge in [-0.2, -0.15) is 0 Å². The molecule has 0 bridgehead atoms. The van der Waals surface area contributed by atoms with Crippen molar-refractivity contribution < 1.29 is 0 Å². The summed E-state index contributed by atoms with van der Waals surface area (Å²) >= 11 is 0. The fourth-order valence-electron chi connectivity index (χ4n) is 1.62. The van der Waals surface area contributed by atoms with Gasteiger partial charge in [-0.15, -0.1) is 0 Å². The molecule has 3 N–H and O–H groups in total. The van der Waals surface area contributed by atoms with Crippen LogP contribution >= 0.6 is 0 Å². The van der Waals surface area contributed by atoms with E-state index in [2.05, 4.69) is 11.1 Å². The molecule has 0 saturated heterocycles. The van der Waals surface area contributed by atoms with E-state index in [1.165, 1.54) is 24.8 Å². The minimum atomic E-state index is 0.273. The molecule has 11 heavy (non-hydrogen) atoms. The van der Waals surface area contributed by atoms with Crippen LogP contribution in [0.3, 0.4) is 0 Å². The lowest BCUT2D eigenvalue weighted by molar-refractivity contribution is 0.264. The summed E-state index contributed by atoms with van der Waals surface area (Å²) in [5, 5.41) is 0. The van der Waals surface area contributed by atoms with Gasteiger partial charge < -0.3 is 10.7 Å². The molecule has 1 heterocycles. The van der Waals surface area contributed by atoms with Crippen molar-refractivity contribution in [3.8, 4) is 0 Å². The van der Waals surface area contributed by atoms with Crippen molar-refractivity contribution >= 4 is 0 Å². The summed E-state index contributed by atoms with van der Waals surface area (Å²) in [6.45, 7) is 0. The average molecular weight is 150 g/mol. The fraction of sp³-hybridized carbons (Fsp3) is 0.556. The van der Waals surface area contributed by atoms with Crippen LogP contribution in [-0.4, -0.2) is 4.98 Å². The molecular weight excluding hydrogens is 136 g/mol. The van der Waals surface area contributed by atoms with Gasteiger partial charge in [0.25, 0.3) is 0 Å². The zero-order valence-electron chi connectivity index (χ0n) is 6.59. The van der Waals surface area contributed by atoms with E-state index in [4.69, 9.17) is 5.73 Å². The Morgan fingerprint density at radius 1 is 1.55 bits per heavy atom. The SMILES string of the molecule is NC(c1cc[nH]c1)C1CCC1. The zero-order valence-corrected chi connectivity index (χ0v) is 6.59. The number of nitrogens with two attached hydrogens (primary N) is 1. The van der Waals surface area contributed by atoms with Crippen molar-refractivity contribution in [2.24, 2.45) is 11.7 Å². The highest BCUT2D eigenvalue weighted by Gasteiger charge is 2.25. The standard InChI is InChI=1S/C9H14N2/c10-9(7-2-1-3-7)8-4-5-11-6-8/h4-7,9,11H,1-3,10H2. The number of aromatic amines is 1. The van der Waals surface area contributed by atoms with Crippen LogP contribution < -0.4 is 5.73 Å². The van der Waals surface area contributed by atoms with Crippen molar-refractivity contribution in [3.05, 3.63) is 24.0 Å². The van der Waals surface area contributed by atoms with Gasteiger partial charge in [-0.25, -0.2) is 0 Å². The predicted molar refractivity (Wildman–Crippen MR) is 45.1 cm³/mol. The zero-order chi connectivity index (χ0) is 7.68. The monoisotopic (exact) mass is 150 g/mol. The van der Waals surface area contributed by atoms with E-state index in [9.17, 15) is 0 Å². The van der Waals surface area contributed by atoms with E-state index in [1.807, 2.05) is 12.4 Å². The Labute approximate surface area is 66.8 Å². The van der Waals surface area contributed by atoms with Crippen LogP contribution in [0.4, 0.5) is 0 Å². The average Bonchev–Trinajstić information content (AvgIpc) is 2.32. The first-order chi connectivity index (χ1) is 5.38. The Kier molecular flexibility index (Phi) is 1.70. The molecule has 1 fully saturated rings. The smallest absolute Gasteiger partial charge is 0.0338 e. The van der Waals surface area contributed by atoms with E-state index >= 15 is 0 Å². The molecule has 1 aliphatic carbocycles. The van der Waals surface area contributed by atoms with Crippen molar-refractivity contribution in [1.29, 1.82) is 0 Å². The summed E-state index contributed by atoms with van der Waals surface area (Å²) in [7, 11) is 0. The van der Waals surface area contributed by atoms with Crippen LogP contribution in [0.5, 0.6) is 0 Å². The molecule has 0 amide bonds. The lowest BCUT2D eigenvalue weighted by atomic mass is 9.78. The molecule has 2 heteroatoms. The summed E-state index contributed by atoms with van der Waals surface area (Å²) in [5.74, 6) is 0.741. The molecule has 1 unspecified atom stereocenters. The first-order valence-corrected chi connectivity index (χ1v) is 4.26. The minimum Gasteiger partial charge on any atom is -0.367 e. The van der Waals surface area contributed by atoms with Gasteiger partial charge in [-0.1, -0.05) is 6.42 Å². The third-order valence-corrected chi connectivity index (χ3v) is 2.66. The maximum atomic E-state index is 6.02. The quantitative estimate of drug-likeness (QED) is 0.663. The van der Waals surface area contributed by atoms with Crippen molar-refractivity contribution in [1.82, 2.24) is 4.98 Å². The Morgan fingerprint density at radius 3 is 2.82 bits per heavy atom. The van der Waals surface area contributed by atoms with Crippen molar-refractivity contribution in [3.63, 3.8) is 0 Å². The molecule has 0 radical (unpaired) electrons. The van der Waals surface area contributed by atoms with Crippen LogP contribution in [0.25, 0.3) is 0 Å². The number of H-pyrrole nitrogens is 1. The molecular formula is C9H14N2. The van der Waals surface area contributed by atoms with Gasteiger partial charge in [0.15, 0.2) is 0 Å². The second-order valence-corrected chi connectivity index (χ2v) is 3.36. The largest absolute Gasteiger partial charge is 0.367 e. The molecule has 1 saturated carbocycles. The molecule has 2 nitrogen and oxygen atoms in total. The Morgan fingerprint density at radius 2 is 2.36 bits per heavy atom. The highest BCUT2D eigenvalue weighted by atomic mass is 14.7. The second-order valence-electron chi connectivity index (χ2n) is 3.36. The fourth-order valence-corrected chi connectivity index (χ4v) is 1.62. The molecule has 1 aliphatic rings. The van der Waals surface area contributed by atoms with Gasteiger partial charge in [-0.3, -0.25) is 0 Å². The van der Waals surface area contributed by atoms with Gasteiger partial charge >= 0.3 is 0 Å². The summed E-state index contributed by atoms with van der Waals surface area (Å²) in [6.07, 6.45) is 7.93. The van der Waals surface area contributed by atoms with E-state index in [1.54, 1.807) is 0 Å². The van der Waals surface area contributed by atoms with Crippen molar-refractivity contribution in [2.45, 2.75) is 25.3 Å². The van der Waals surface area contributed by atoms with Gasteiger partial charge in [0, 0.05) is 18.4 Å². The summed E-state index contributed by atoms with van der Waals surface area (Å²) in [5.41, 5.74) is 7.28. The Bertz CT molecular complexity index is 211. The topological polar surface area (TPSA) is 41.8 Å². The van der Waals surface area contributed by atoms with Crippen molar-refractivity contribution in [2.75, 3.05) is 0 Å². The minimum absolute atomic E-state index is 0.273. The molecule has 2 rings (SSSR count). The third kappa shape index (κ3) is 1.18. The molecule has 60 valence electrons. The molecule has 0 spiro atoms. The van der Waals surface area contributed by atoms with Gasteiger partial charge in [0.2, 0.25) is 0 Å². The normalized spacial score (nSPS) is 21.2. The molecule has 1 aromatic rings. The highest BCUT2D eigenvalue weighted by molar-refractivity contribution is 5.15. The van der Waals surface area contributed by atoms with Crippen LogP contribution in [0.2, 0.25) is 0 Å². The number of aromatic nitrogens is 1. The van der Waals surface area contributed by atoms with Crippen LogP contribution in [0.1, 0.15) is 30.9 Å². The maximum Gasteiger partial charge on any atom is 0.0338 e. The second kappa shape index (κ2) is 2.70. The molecule has 0 aromatic carbocycles. The van der Waals surface area contributed by atoms with E-state index in [0.717, 1.165) is 5.92 Å². The number of hydrogen-bond acceptors (Lipinski definition) is 1. The van der Waals surface area contributed by atoms with Crippen LogP contribution in [-0.2, 0) is 0 Å². The van der Waals surface area contributed by atoms with Crippen LogP contribution in [0, 0.1) is 5.92 Å². The number of hydrogen-bond donors (Lipinski definition) is 2. The first-order valence-electron chi connectivity index (χ1n) is 4.26.